The average molecular weight is 358 g/mol. The number of hydrogen-bond acceptors (Lipinski definition) is 7. The van der Waals surface area contributed by atoms with Gasteiger partial charge in [0.2, 0.25) is 11.7 Å². The lowest BCUT2D eigenvalue weighted by atomic mass is 10.1. The van der Waals surface area contributed by atoms with Gasteiger partial charge in [-0.15, -0.1) is 20.4 Å². The molecule has 26 heavy (non-hydrogen) atoms. The zero-order chi connectivity index (χ0) is 18.9. The number of aliphatic carboxylic acids is 1. The van der Waals surface area contributed by atoms with Gasteiger partial charge >= 0.3 is 5.97 Å². The van der Waals surface area contributed by atoms with Crippen molar-refractivity contribution < 1.29 is 14.7 Å². The molecule has 0 fully saturated rings. The van der Waals surface area contributed by atoms with E-state index in [9.17, 15) is 9.59 Å². The van der Waals surface area contributed by atoms with Gasteiger partial charge in [0.05, 0.1) is 6.42 Å². The van der Waals surface area contributed by atoms with Crippen LogP contribution in [0.2, 0.25) is 0 Å². The molecule has 4 N–H and O–H groups in total. The first kappa shape index (κ1) is 19.4. The van der Waals surface area contributed by atoms with Gasteiger partial charge in [0, 0.05) is 12.1 Å². The van der Waals surface area contributed by atoms with Gasteiger partial charge in [-0.25, -0.2) is 0 Å². The summed E-state index contributed by atoms with van der Waals surface area (Å²) in [6.45, 7) is 2.21. The molecule has 0 saturated heterocycles. The van der Waals surface area contributed by atoms with Gasteiger partial charge < -0.3 is 16.2 Å². The number of carbonyl (C=O) groups excluding carboxylic acids is 1. The number of carboxylic acid groups (broad SMARTS) is 1. The van der Waals surface area contributed by atoms with E-state index in [2.05, 4.69) is 25.7 Å². The minimum absolute atomic E-state index is 0.0878. The molecule has 0 bridgehead atoms. The van der Waals surface area contributed by atoms with Crippen molar-refractivity contribution in [3.05, 3.63) is 35.7 Å². The van der Waals surface area contributed by atoms with E-state index in [0.29, 0.717) is 37.5 Å². The highest BCUT2D eigenvalue weighted by molar-refractivity contribution is 5.78. The van der Waals surface area contributed by atoms with Gasteiger partial charge in [-0.05, 0) is 31.7 Å². The summed E-state index contributed by atoms with van der Waals surface area (Å²) in [5.41, 5.74) is 7.07. The summed E-state index contributed by atoms with van der Waals surface area (Å²) < 4.78 is 0. The fourth-order valence-electron chi connectivity index (χ4n) is 2.26. The average Bonchev–Trinajstić information content (AvgIpc) is 2.62. The predicted octanol–water partition coefficient (Wildman–Crippen LogP) is 0.483. The highest BCUT2D eigenvalue weighted by atomic mass is 16.4. The fourth-order valence-corrected chi connectivity index (χ4v) is 2.26. The number of aromatic nitrogens is 4. The summed E-state index contributed by atoms with van der Waals surface area (Å²) in [5, 5.41) is 27.2. The van der Waals surface area contributed by atoms with Crippen molar-refractivity contribution in [1.29, 1.82) is 0 Å². The summed E-state index contributed by atoms with van der Waals surface area (Å²) in [4.78, 5) is 22.5. The van der Waals surface area contributed by atoms with Crippen molar-refractivity contribution in [2.45, 2.75) is 38.6 Å². The maximum Gasteiger partial charge on any atom is 0.320 e. The van der Waals surface area contributed by atoms with Gasteiger partial charge in [0.25, 0.3) is 0 Å². The van der Waals surface area contributed by atoms with Crippen molar-refractivity contribution in [2.75, 3.05) is 6.54 Å². The summed E-state index contributed by atoms with van der Waals surface area (Å²) in [6.07, 6.45) is 2.01. The number of amides is 1. The van der Waals surface area contributed by atoms with E-state index in [1.165, 1.54) is 0 Å². The molecule has 1 aromatic carbocycles. The highest BCUT2D eigenvalue weighted by Gasteiger charge is 2.10. The Bertz CT molecular complexity index is 733. The van der Waals surface area contributed by atoms with E-state index in [0.717, 1.165) is 11.1 Å². The number of rotatable bonds is 9. The smallest absolute Gasteiger partial charge is 0.320 e. The molecule has 2 aromatic rings. The molecule has 9 heteroatoms. The van der Waals surface area contributed by atoms with Gasteiger partial charge in [0.15, 0.2) is 5.82 Å². The predicted molar refractivity (Wildman–Crippen MR) is 94.0 cm³/mol. The Morgan fingerprint density at radius 1 is 1.12 bits per heavy atom. The maximum absolute atomic E-state index is 11.9. The molecule has 0 saturated carbocycles. The largest absolute Gasteiger partial charge is 0.480 e. The lowest BCUT2D eigenvalue weighted by molar-refractivity contribution is -0.138. The third-order valence-corrected chi connectivity index (χ3v) is 3.74. The number of carboxylic acids is 1. The first-order chi connectivity index (χ1) is 12.5. The molecule has 0 spiro atoms. The number of benzene rings is 1. The third-order valence-electron chi connectivity index (χ3n) is 3.74. The molecule has 0 aliphatic heterocycles. The molecule has 1 heterocycles. The van der Waals surface area contributed by atoms with Crippen LogP contribution < -0.4 is 11.1 Å². The van der Waals surface area contributed by atoms with Crippen LogP contribution in [-0.2, 0) is 16.0 Å². The molecular weight excluding hydrogens is 336 g/mol. The van der Waals surface area contributed by atoms with Gasteiger partial charge in [0.1, 0.15) is 6.04 Å². The Balaban J connectivity index is 1.73. The molecule has 1 amide bonds. The van der Waals surface area contributed by atoms with E-state index < -0.39 is 12.0 Å². The second-order valence-corrected chi connectivity index (χ2v) is 5.93. The standard InChI is InChI=1S/C17H22N6O3/c1-11-20-22-16(23-21-11)13-7-5-12(6-8-13)10-15(24)19-9-3-2-4-14(18)17(25)26/h5-8,14H,2-4,9-10,18H2,1H3,(H,19,24)(H,25,26)/t14-/m0/s1. The van der Waals surface area contributed by atoms with E-state index in [1.807, 2.05) is 24.3 Å². The first-order valence-electron chi connectivity index (χ1n) is 8.34. The van der Waals surface area contributed by atoms with Crippen molar-refractivity contribution in [2.24, 2.45) is 5.73 Å². The van der Waals surface area contributed by atoms with Crippen LogP contribution in [0.5, 0.6) is 0 Å². The molecular formula is C17H22N6O3. The normalized spacial score (nSPS) is 11.8. The van der Waals surface area contributed by atoms with Crippen LogP contribution in [-0.4, -0.2) is 50.0 Å². The first-order valence-corrected chi connectivity index (χ1v) is 8.34. The van der Waals surface area contributed by atoms with Crippen molar-refractivity contribution in [1.82, 2.24) is 25.7 Å². The minimum Gasteiger partial charge on any atom is -0.480 e. The number of nitrogens with one attached hydrogen (secondary N) is 1. The summed E-state index contributed by atoms with van der Waals surface area (Å²) in [7, 11) is 0. The van der Waals surface area contributed by atoms with E-state index in [-0.39, 0.29) is 12.3 Å². The summed E-state index contributed by atoms with van der Waals surface area (Å²) in [5.74, 6) is -0.145. The molecule has 0 aliphatic carbocycles. The van der Waals surface area contributed by atoms with Gasteiger partial charge in [-0.1, -0.05) is 24.3 Å². The number of aryl methyl sites for hydroxylation is 1. The zero-order valence-electron chi connectivity index (χ0n) is 14.6. The lowest BCUT2D eigenvalue weighted by Crippen LogP contribution is -2.30. The Kier molecular flexibility index (Phi) is 7.10. The van der Waals surface area contributed by atoms with Crippen LogP contribution in [0.25, 0.3) is 11.4 Å². The summed E-state index contributed by atoms with van der Waals surface area (Å²) >= 11 is 0. The quantitative estimate of drug-likeness (QED) is 0.549. The number of nitrogens with two attached hydrogens (primary N) is 1. The van der Waals surface area contributed by atoms with Crippen LogP contribution in [0.15, 0.2) is 24.3 Å². The Morgan fingerprint density at radius 2 is 1.77 bits per heavy atom. The SMILES string of the molecule is Cc1nnc(-c2ccc(CC(=O)NCCCC[C@H](N)C(=O)O)cc2)nn1. The number of nitrogens with zero attached hydrogens (tertiary/aromatic N) is 4. The van der Waals surface area contributed by atoms with E-state index in [4.69, 9.17) is 10.8 Å². The molecule has 0 radical (unpaired) electrons. The topological polar surface area (TPSA) is 144 Å². The van der Waals surface area contributed by atoms with E-state index >= 15 is 0 Å². The molecule has 0 unspecified atom stereocenters. The molecule has 1 atom stereocenters. The van der Waals surface area contributed by atoms with Crippen LogP contribution in [0.1, 0.15) is 30.7 Å². The van der Waals surface area contributed by atoms with Crippen molar-refractivity contribution in [3.8, 4) is 11.4 Å². The zero-order valence-corrected chi connectivity index (χ0v) is 14.6. The molecule has 0 aliphatic rings. The number of carbonyl (C=O) groups is 2. The van der Waals surface area contributed by atoms with Crippen molar-refractivity contribution in [3.63, 3.8) is 0 Å². The Morgan fingerprint density at radius 3 is 2.38 bits per heavy atom. The van der Waals surface area contributed by atoms with Crippen molar-refractivity contribution >= 4 is 11.9 Å². The summed E-state index contributed by atoms with van der Waals surface area (Å²) in [6, 6.07) is 6.48. The number of unbranched alkanes of at least 4 members (excludes halogenated alkanes) is 1. The van der Waals surface area contributed by atoms with Crippen LogP contribution in [0.3, 0.4) is 0 Å². The van der Waals surface area contributed by atoms with Crippen LogP contribution in [0, 0.1) is 6.92 Å². The van der Waals surface area contributed by atoms with Crippen LogP contribution >= 0.6 is 0 Å². The second kappa shape index (κ2) is 9.52. The third kappa shape index (κ3) is 6.17. The molecule has 2 rings (SSSR count). The van der Waals surface area contributed by atoms with Crippen LogP contribution in [0.4, 0.5) is 0 Å². The monoisotopic (exact) mass is 358 g/mol. The van der Waals surface area contributed by atoms with Gasteiger partial charge in [-0.2, -0.15) is 0 Å². The highest BCUT2D eigenvalue weighted by Crippen LogP contribution is 2.14. The molecule has 9 nitrogen and oxygen atoms in total. The van der Waals surface area contributed by atoms with Gasteiger partial charge in [-0.3, -0.25) is 9.59 Å². The lowest BCUT2D eigenvalue weighted by Gasteiger charge is -2.07. The Hall–Kier alpha value is -2.94. The van der Waals surface area contributed by atoms with E-state index in [1.54, 1.807) is 6.92 Å². The second-order valence-electron chi connectivity index (χ2n) is 5.93. The fraction of sp³-hybridized carbons (Fsp3) is 0.412. The number of hydrogen-bond donors (Lipinski definition) is 3. The minimum atomic E-state index is -1.000. The molecule has 138 valence electrons. The Labute approximate surface area is 151 Å². The molecule has 1 aromatic heterocycles. The maximum atomic E-state index is 11.9.